The average molecular weight is 564 g/mol. The number of benzene rings is 3. The monoisotopic (exact) mass is 563 g/mol. The Morgan fingerprint density at radius 1 is 1.03 bits per heavy atom. The van der Waals surface area contributed by atoms with Gasteiger partial charge in [0, 0.05) is 10.0 Å². The molecule has 36 heavy (non-hydrogen) atoms. The van der Waals surface area contributed by atoms with Gasteiger partial charge in [-0.05, 0) is 84.3 Å². The molecular formula is C28H24BrN2O4S-. The van der Waals surface area contributed by atoms with Crippen molar-refractivity contribution < 1.29 is 19.4 Å². The SMILES string of the molecule is CCc1ccc(N=C2SC(=Cc3cc(Br)ccc3OCC(=O)[O-])C(=O)N2c2ccc(CC)cc2)cc1. The number of carboxylic acid groups (broad SMARTS) is 1. The Bertz CT molecular complexity index is 1330. The second-order valence-electron chi connectivity index (χ2n) is 8.03. The van der Waals surface area contributed by atoms with Gasteiger partial charge in [0.15, 0.2) is 5.17 Å². The first-order valence-electron chi connectivity index (χ1n) is 11.5. The molecule has 0 radical (unpaired) electrons. The van der Waals surface area contributed by atoms with Crippen molar-refractivity contribution in [1.82, 2.24) is 0 Å². The number of aliphatic carboxylic acids is 1. The maximum absolute atomic E-state index is 13.6. The number of aryl methyl sites for hydroxylation is 2. The molecular weight excluding hydrogens is 540 g/mol. The minimum absolute atomic E-state index is 0.223. The highest BCUT2D eigenvalue weighted by Gasteiger charge is 2.35. The second kappa shape index (κ2) is 11.6. The predicted octanol–water partition coefficient (Wildman–Crippen LogP) is 5.51. The van der Waals surface area contributed by atoms with E-state index in [2.05, 4.69) is 29.8 Å². The van der Waals surface area contributed by atoms with Gasteiger partial charge in [0.05, 0.1) is 22.2 Å². The summed E-state index contributed by atoms with van der Waals surface area (Å²) in [5.74, 6) is -1.21. The van der Waals surface area contributed by atoms with Gasteiger partial charge in [0.25, 0.3) is 5.91 Å². The summed E-state index contributed by atoms with van der Waals surface area (Å²) < 4.78 is 6.15. The lowest BCUT2D eigenvalue weighted by molar-refractivity contribution is -0.307. The first-order chi connectivity index (χ1) is 17.4. The molecule has 1 aliphatic rings. The van der Waals surface area contributed by atoms with Crippen LogP contribution in [0.3, 0.4) is 0 Å². The summed E-state index contributed by atoms with van der Waals surface area (Å²) in [6.07, 6.45) is 3.52. The lowest BCUT2D eigenvalue weighted by Crippen LogP contribution is -2.29. The molecule has 1 aliphatic heterocycles. The number of thioether (sulfide) groups is 1. The van der Waals surface area contributed by atoms with Crippen LogP contribution >= 0.6 is 27.7 Å². The Kier molecular flexibility index (Phi) is 8.28. The van der Waals surface area contributed by atoms with Crippen molar-refractivity contribution in [3.8, 4) is 5.75 Å². The largest absolute Gasteiger partial charge is 0.546 e. The van der Waals surface area contributed by atoms with Crippen LogP contribution in [0.4, 0.5) is 11.4 Å². The van der Waals surface area contributed by atoms with E-state index in [-0.39, 0.29) is 5.91 Å². The standard InChI is InChI=1S/C28H25BrN2O4S/c1-3-18-5-10-22(11-6-18)30-28-31(23-12-7-19(4-2)8-13-23)27(34)25(36-28)16-20-15-21(29)9-14-24(20)35-17-26(32)33/h5-16H,3-4,17H2,1-2H3,(H,32,33)/p-1. The van der Waals surface area contributed by atoms with Crippen molar-refractivity contribution in [2.45, 2.75) is 26.7 Å². The topological polar surface area (TPSA) is 82.0 Å². The Balaban J connectivity index is 1.75. The first-order valence-corrected chi connectivity index (χ1v) is 13.1. The fourth-order valence-corrected chi connectivity index (χ4v) is 4.99. The number of aliphatic imine (C=N–C) groups is 1. The second-order valence-corrected chi connectivity index (χ2v) is 9.95. The molecule has 6 nitrogen and oxygen atoms in total. The van der Waals surface area contributed by atoms with E-state index in [0.29, 0.717) is 21.4 Å². The molecule has 0 bridgehead atoms. The van der Waals surface area contributed by atoms with Crippen molar-refractivity contribution in [2.75, 3.05) is 11.5 Å². The zero-order chi connectivity index (χ0) is 25.7. The zero-order valence-corrected chi connectivity index (χ0v) is 22.3. The van der Waals surface area contributed by atoms with Crippen molar-refractivity contribution >= 4 is 62.2 Å². The normalized spacial score (nSPS) is 15.6. The van der Waals surface area contributed by atoms with Gasteiger partial charge in [-0.3, -0.25) is 9.69 Å². The molecule has 1 amide bonds. The van der Waals surface area contributed by atoms with Crippen molar-refractivity contribution in [3.05, 3.63) is 92.8 Å². The smallest absolute Gasteiger partial charge is 0.271 e. The van der Waals surface area contributed by atoms with Crippen LogP contribution in [0.1, 0.15) is 30.5 Å². The van der Waals surface area contributed by atoms with Crippen molar-refractivity contribution in [1.29, 1.82) is 0 Å². The van der Waals surface area contributed by atoms with Gasteiger partial charge < -0.3 is 14.6 Å². The molecule has 0 saturated carbocycles. The zero-order valence-electron chi connectivity index (χ0n) is 19.9. The fraction of sp³-hybridized carbons (Fsp3) is 0.179. The van der Waals surface area contributed by atoms with Gasteiger partial charge in [-0.1, -0.05) is 54.0 Å². The van der Waals surface area contributed by atoms with E-state index >= 15 is 0 Å². The van der Waals surface area contributed by atoms with Crippen LogP contribution in [0, 0.1) is 0 Å². The number of rotatable bonds is 8. The number of carbonyl (C=O) groups excluding carboxylic acids is 2. The number of hydrogen-bond acceptors (Lipinski definition) is 6. The summed E-state index contributed by atoms with van der Waals surface area (Å²) in [5.41, 5.74) is 4.42. The lowest BCUT2D eigenvalue weighted by atomic mass is 10.1. The Hall–Kier alpha value is -3.36. The maximum Gasteiger partial charge on any atom is 0.271 e. The van der Waals surface area contributed by atoms with E-state index < -0.39 is 12.6 Å². The van der Waals surface area contributed by atoms with Gasteiger partial charge in [-0.25, -0.2) is 4.99 Å². The van der Waals surface area contributed by atoms with Gasteiger partial charge >= 0.3 is 0 Å². The average Bonchev–Trinajstić information content (AvgIpc) is 3.18. The summed E-state index contributed by atoms with van der Waals surface area (Å²) in [6, 6.07) is 20.9. The van der Waals surface area contributed by atoms with Crippen molar-refractivity contribution in [3.63, 3.8) is 0 Å². The van der Waals surface area contributed by atoms with E-state index in [4.69, 9.17) is 9.73 Å². The number of carbonyl (C=O) groups is 2. The predicted molar refractivity (Wildman–Crippen MR) is 146 cm³/mol. The van der Waals surface area contributed by atoms with Crippen LogP contribution in [0.2, 0.25) is 0 Å². The quantitative estimate of drug-likeness (QED) is 0.337. The molecule has 0 spiro atoms. The van der Waals surface area contributed by atoms with Gasteiger partial charge in [-0.15, -0.1) is 0 Å². The summed E-state index contributed by atoms with van der Waals surface area (Å²) in [7, 11) is 0. The van der Waals surface area contributed by atoms with Crippen LogP contribution < -0.4 is 14.7 Å². The van der Waals surface area contributed by atoms with Crippen LogP contribution in [-0.4, -0.2) is 23.7 Å². The molecule has 4 rings (SSSR count). The molecule has 0 atom stereocenters. The fourth-order valence-electron chi connectivity index (χ4n) is 3.62. The summed E-state index contributed by atoms with van der Waals surface area (Å²) >= 11 is 4.69. The third-order valence-electron chi connectivity index (χ3n) is 5.58. The Morgan fingerprint density at radius 2 is 1.67 bits per heavy atom. The maximum atomic E-state index is 13.6. The third-order valence-corrected chi connectivity index (χ3v) is 7.04. The number of hydrogen-bond donors (Lipinski definition) is 0. The molecule has 0 unspecified atom stereocenters. The summed E-state index contributed by atoms with van der Waals surface area (Å²) in [6.45, 7) is 3.59. The molecule has 1 fully saturated rings. The summed E-state index contributed by atoms with van der Waals surface area (Å²) in [5, 5.41) is 11.4. The van der Waals surface area contributed by atoms with Crippen LogP contribution in [0.5, 0.6) is 5.75 Å². The third kappa shape index (κ3) is 6.06. The molecule has 3 aromatic carbocycles. The highest BCUT2D eigenvalue weighted by molar-refractivity contribution is 9.10. The van der Waals surface area contributed by atoms with Crippen LogP contribution in [0.25, 0.3) is 6.08 Å². The van der Waals surface area contributed by atoms with Crippen LogP contribution in [-0.2, 0) is 22.4 Å². The molecule has 1 saturated heterocycles. The molecule has 0 aromatic heterocycles. The molecule has 3 aromatic rings. The van der Waals surface area contributed by atoms with Gasteiger partial charge in [-0.2, -0.15) is 0 Å². The highest BCUT2D eigenvalue weighted by atomic mass is 79.9. The van der Waals surface area contributed by atoms with E-state index in [1.807, 2.05) is 48.5 Å². The number of ether oxygens (including phenoxy) is 1. The molecule has 184 valence electrons. The molecule has 1 heterocycles. The van der Waals surface area contributed by atoms with E-state index in [0.717, 1.165) is 28.7 Å². The number of nitrogens with zero attached hydrogens (tertiary/aromatic N) is 2. The molecule has 8 heteroatoms. The Labute approximate surface area is 222 Å². The van der Waals surface area contributed by atoms with Gasteiger partial charge in [0.1, 0.15) is 12.4 Å². The summed E-state index contributed by atoms with van der Waals surface area (Å²) in [4.78, 5) is 31.4. The Morgan fingerprint density at radius 3 is 2.28 bits per heavy atom. The van der Waals surface area contributed by atoms with Crippen LogP contribution in [0.15, 0.2) is 81.1 Å². The van der Waals surface area contributed by atoms with Crippen molar-refractivity contribution in [2.24, 2.45) is 4.99 Å². The number of anilines is 1. The highest BCUT2D eigenvalue weighted by Crippen LogP contribution is 2.39. The van der Waals surface area contributed by atoms with E-state index in [9.17, 15) is 14.7 Å². The van der Waals surface area contributed by atoms with E-state index in [1.54, 1.807) is 29.2 Å². The molecule has 0 aliphatic carbocycles. The lowest BCUT2D eigenvalue weighted by Gasteiger charge is -2.16. The molecule has 0 N–H and O–H groups in total. The first kappa shape index (κ1) is 25.7. The number of amides is 1. The van der Waals surface area contributed by atoms with E-state index in [1.165, 1.54) is 22.9 Å². The number of halogens is 1. The number of amidine groups is 1. The van der Waals surface area contributed by atoms with Gasteiger partial charge in [0.2, 0.25) is 0 Å². The number of carboxylic acids is 1. The minimum atomic E-state index is -1.33. The minimum Gasteiger partial charge on any atom is -0.546 e.